The molecule has 1 aliphatic heterocycles. The average molecular weight is 312 g/mol. The first kappa shape index (κ1) is 15.3. The Labute approximate surface area is 135 Å². The van der Waals surface area contributed by atoms with Crippen LogP contribution in [0.5, 0.6) is 5.75 Å². The van der Waals surface area contributed by atoms with E-state index in [9.17, 15) is 4.79 Å². The molecular formula is C17H20N4O2. The number of carbonyl (C=O) groups excluding carboxylic acids is 1. The number of carbonyl (C=O) groups is 1. The zero-order valence-electron chi connectivity index (χ0n) is 13.5. The Morgan fingerprint density at radius 1 is 1.26 bits per heavy atom. The van der Waals surface area contributed by atoms with Gasteiger partial charge in [0.15, 0.2) is 0 Å². The third-order valence-corrected chi connectivity index (χ3v) is 3.96. The molecule has 2 N–H and O–H groups in total. The Kier molecular flexibility index (Phi) is 4.14. The Morgan fingerprint density at radius 2 is 2.00 bits per heavy atom. The van der Waals surface area contributed by atoms with E-state index in [4.69, 9.17) is 4.74 Å². The number of ether oxygens (including phenoxy) is 1. The van der Waals surface area contributed by atoms with Gasteiger partial charge < -0.3 is 15.4 Å². The lowest BCUT2D eigenvalue weighted by atomic mass is 10.0. The molecule has 120 valence electrons. The molecule has 2 aromatic rings. The standard InChI is InChI=1S/C17H20N4O2/c1-10(12-4-6-13(23-3)7-5-12)19-16-14-8-9-18-17(22)15(14)20-11(2)21-16/h4-7,10H,8-9H2,1-3H3,(H,18,22)(H,19,20,21)/t10-/m1/s1. The van der Waals surface area contributed by atoms with Gasteiger partial charge in [0.25, 0.3) is 5.91 Å². The molecule has 0 spiro atoms. The van der Waals surface area contributed by atoms with Gasteiger partial charge in [-0.15, -0.1) is 0 Å². The molecule has 23 heavy (non-hydrogen) atoms. The van der Waals surface area contributed by atoms with Gasteiger partial charge in [-0.2, -0.15) is 0 Å². The zero-order valence-corrected chi connectivity index (χ0v) is 13.5. The van der Waals surface area contributed by atoms with Crippen LogP contribution in [-0.4, -0.2) is 29.5 Å². The predicted molar refractivity (Wildman–Crippen MR) is 87.8 cm³/mol. The van der Waals surface area contributed by atoms with Crippen molar-refractivity contribution >= 4 is 11.7 Å². The van der Waals surface area contributed by atoms with Gasteiger partial charge in [-0.3, -0.25) is 4.79 Å². The summed E-state index contributed by atoms with van der Waals surface area (Å²) in [6.07, 6.45) is 0.735. The van der Waals surface area contributed by atoms with Crippen molar-refractivity contribution in [3.63, 3.8) is 0 Å². The Balaban J connectivity index is 1.88. The Bertz CT molecular complexity index is 728. The van der Waals surface area contributed by atoms with E-state index < -0.39 is 0 Å². The fourth-order valence-electron chi connectivity index (χ4n) is 2.71. The lowest BCUT2D eigenvalue weighted by Crippen LogP contribution is -2.34. The smallest absolute Gasteiger partial charge is 0.270 e. The quantitative estimate of drug-likeness (QED) is 0.905. The van der Waals surface area contributed by atoms with Gasteiger partial charge in [0.05, 0.1) is 7.11 Å². The fourth-order valence-corrected chi connectivity index (χ4v) is 2.71. The van der Waals surface area contributed by atoms with E-state index in [1.807, 2.05) is 24.3 Å². The summed E-state index contributed by atoms with van der Waals surface area (Å²) in [6.45, 7) is 4.48. The van der Waals surface area contributed by atoms with Crippen LogP contribution in [0.15, 0.2) is 24.3 Å². The first-order valence-electron chi connectivity index (χ1n) is 7.64. The van der Waals surface area contributed by atoms with Crippen molar-refractivity contribution in [3.8, 4) is 5.75 Å². The van der Waals surface area contributed by atoms with E-state index >= 15 is 0 Å². The summed E-state index contributed by atoms with van der Waals surface area (Å²) in [5.74, 6) is 2.03. The average Bonchev–Trinajstić information content (AvgIpc) is 2.56. The normalized spacial score (nSPS) is 14.7. The van der Waals surface area contributed by atoms with Crippen molar-refractivity contribution in [2.75, 3.05) is 19.0 Å². The number of hydrogen-bond donors (Lipinski definition) is 2. The van der Waals surface area contributed by atoms with Gasteiger partial charge in [-0.1, -0.05) is 12.1 Å². The lowest BCUT2D eigenvalue weighted by molar-refractivity contribution is 0.0940. The number of aryl methyl sites for hydroxylation is 1. The number of aromatic nitrogens is 2. The largest absolute Gasteiger partial charge is 0.497 e. The summed E-state index contributed by atoms with van der Waals surface area (Å²) in [5, 5.41) is 6.23. The van der Waals surface area contributed by atoms with Crippen LogP contribution < -0.4 is 15.4 Å². The maximum Gasteiger partial charge on any atom is 0.270 e. The van der Waals surface area contributed by atoms with E-state index in [0.717, 1.165) is 29.1 Å². The molecule has 1 aromatic carbocycles. The third-order valence-electron chi connectivity index (χ3n) is 3.96. The molecule has 6 heteroatoms. The second-order valence-electron chi connectivity index (χ2n) is 5.59. The summed E-state index contributed by atoms with van der Waals surface area (Å²) in [6, 6.07) is 7.96. The molecule has 1 amide bonds. The van der Waals surface area contributed by atoms with E-state index in [1.165, 1.54) is 0 Å². The van der Waals surface area contributed by atoms with Crippen molar-refractivity contribution in [2.24, 2.45) is 0 Å². The number of hydrogen-bond acceptors (Lipinski definition) is 5. The molecule has 1 aliphatic rings. The molecule has 0 aliphatic carbocycles. The number of anilines is 1. The lowest BCUT2D eigenvalue weighted by Gasteiger charge is -2.22. The highest BCUT2D eigenvalue weighted by atomic mass is 16.5. The number of rotatable bonds is 4. The molecule has 0 saturated heterocycles. The molecule has 0 unspecified atom stereocenters. The molecule has 1 atom stereocenters. The molecule has 3 rings (SSSR count). The number of nitrogens with zero attached hydrogens (tertiary/aromatic N) is 2. The van der Waals surface area contributed by atoms with Crippen molar-refractivity contribution in [1.82, 2.24) is 15.3 Å². The van der Waals surface area contributed by atoms with Crippen LogP contribution in [-0.2, 0) is 6.42 Å². The van der Waals surface area contributed by atoms with E-state index in [1.54, 1.807) is 14.0 Å². The van der Waals surface area contributed by atoms with Crippen LogP contribution >= 0.6 is 0 Å². The van der Waals surface area contributed by atoms with Gasteiger partial charge in [0.2, 0.25) is 0 Å². The van der Waals surface area contributed by atoms with Crippen LogP contribution in [0.1, 0.15) is 40.4 Å². The monoisotopic (exact) mass is 312 g/mol. The summed E-state index contributed by atoms with van der Waals surface area (Å²) in [7, 11) is 1.65. The second-order valence-corrected chi connectivity index (χ2v) is 5.59. The minimum atomic E-state index is -0.128. The third kappa shape index (κ3) is 3.11. The molecule has 6 nitrogen and oxygen atoms in total. The summed E-state index contributed by atoms with van der Waals surface area (Å²) in [4.78, 5) is 20.7. The van der Waals surface area contributed by atoms with Gasteiger partial charge in [-0.05, 0) is 38.0 Å². The van der Waals surface area contributed by atoms with Gasteiger partial charge in [-0.25, -0.2) is 9.97 Å². The Hall–Kier alpha value is -2.63. The molecule has 1 aromatic heterocycles. The van der Waals surface area contributed by atoms with Crippen LogP contribution in [0.4, 0.5) is 5.82 Å². The molecule has 2 heterocycles. The molecule has 0 saturated carbocycles. The fraction of sp³-hybridized carbons (Fsp3) is 0.353. The van der Waals surface area contributed by atoms with Gasteiger partial charge in [0, 0.05) is 18.2 Å². The van der Waals surface area contributed by atoms with Gasteiger partial charge >= 0.3 is 0 Å². The van der Waals surface area contributed by atoms with Crippen LogP contribution in [0.2, 0.25) is 0 Å². The molecule has 0 radical (unpaired) electrons. The topological polar surface area (TPSA) is 76.1 Å². The second kappa shape index (κ2) is 6.24. The van der Waals surface area contributed by atoms with Gasteiger partial charge in [0.1, 0.15) is 23.1 Å². The van der Waals surface area contributed by atoms with Crippen LogP contribution in [0, 0.1) is 6.92 Å². The van der Waals surface area contributed by atoms with E-state index in [0.29, 0.717) is 18.1 Å². The highest BCUT2D eigenvalue weighted by molar-refractivity contribution is 5.96. The van der Waals surface area contributed by atoms with Crippen molar-refractivity contribution < 1.29 is 9.53 Å². The summed E-state index contributed by atoms with van der Waals surface area (Å²) < 4.78 is 5.18. The minimum absolute atomic E-state index is 0.0595. The number of nitrogens with one attached hydrogen (secondary N) is 2. The Morgan fingerprint density at radius 3 is 2.70 bits per heavy atom. The van der Waals surface area contributed by atoms with Crippen molar-refractivity contribution in [1.29, 1.82) is 0 Å². The maximum absolute atomic E-state index is 12.0. The first-order valence-corrected chi connectivity index (χ1v) is 7.64. The van der Waals surface area contributed by atoms with Crippen molar-refractivity contribution in [3.05, 3.63) is 46.9 Å². The van der Waals surface area contributed by atoms with Crippen LogP contribution in [0.3, 0.4) is 0 Å². The van der Waals surface area contributed by atoms with E-state index in [2.05, 4.69) is 27.5 Å². The highest BCUT2D eigenvalue weighted by Gasteiger charge is 2.23. The maximum atomic E-state index is 12.0. The SMILES string of the molecule is COc1ccc([C@@H](C)Nc2nc(C)nc3c2CCNC3=O)cc1. The number of methoxy groups -OCH3 is 1. The van der Waals surface area contributed by atoms with Crippen molar-refractivity contribution in [2.45, 2.75) is 26.3 Å². The number of fused-ring (bicyclic) bond motifs is 1. The molecule has 0 bridgehead atoms. The summed E-state index contributed by atoms with van der Waals surface area (Å²) in [5.41, 5.74) is 2.49. The zero-order chi connectivity index (χ0) is 16.4. The number of benzene rings is 1. The minimum Gasteiger partial charge on any atom is -0.497 e. The number of amides is 1. The first-order chi connectivity index (χ1) is 11.1. The highest BCUT2D eigenvalue weighted by Crippen LogP contribution is 2.25. The summed E-state index contributed by atoms with van der Waals surface area (Å²) >= 11 is 0. The molecular weight excluding hydrogens is 292 g/mol. The predicted octanol–water partition coefficient (Wildman–Crippen LogP) is 2.25. The van der Waals surface area contributed by atoms with Crippen LogP contribution in [0.25, 0.3) is 0 Å². The molecule has 0 fully saturated rings. The van der Waals surface area contributed by atoms with E-state index in [-0.39, 0.29) is 11.9 Å².